The van der Waals surface area contributed by atoms with Crippen LogP contribution >= 0.6 is 0 Å². The molecule has 1 heterocycles. The molecule has 0 aromatic heterocycles. The van der Waals surface area contributed by atoms with Crippen molar-refractivity contribution in [3.05, 3.63) is 0 Å². The van der Waals surface area contributed by atoms with E-state index in [0.717, 1.165) is 26.1 Å². The molecule has 0 radical (unpaired) electrons. The highest BCUT2D eigenvalue weighted by Gasteiger charge is 2.29. The lowest BCUT2D eigenvalue weighted by molar-refractivity contribution is 0.262. The number of sulfone groups is 1. The van der Waals surface area contributed by atoms with Gasteiger partial charge in [0.25, 0.3) is 0 Å². The summed E-state index contributed by atoms with van der Waals surface area (Å²) in [7, 11) is -3.01. The minimum atomic E-state index is -3.01. The van der Waals surface area contributed by atoms with Gasteiger partial charge in [-0.25, -0.2) is 8.42 Å². The van der Waals surface area contributed by atoms with E-state index in [2.05, 4.69) is 17.1 Å². The summed E-state index contributed by atoms with van der Waals surface area (Å²) < 4.78 is 23.7. The van der Waals surface area contributed by atoms with Gasteiger partial charge in [0.2, 0.25) is 0 Å². The summed E-state index contributed by atoms with van der Waals surface area (Å²) in [4.78, 5) is 2.30. The lowest BCUT2D eigenvalue weighted by Gasteiger charge is -2.27. The van der Waals surface area contributed by atoms with Gasteiger partial charge in [-0.3, -0.25) is 0 Å². The first-order valence-corrected chi connectivity index (χ1v) is 9.09. The van der Waals surface area contributed by atoms with Gasteiger partial charge in [0.1, 0.15) is 0 Å². The van der Waals surface area contributed by atoms with E-state index in [1.165, 1.54) is 12.8 Å². The van der Waals surface area contributed by atoms with Gasteiger partial charge in [-0.05, 0) is 53.1 Å². The summed E-state index contributed by atoms with van der Waals surface area (Å²) in [5, 5.41) is 3.48. The number of hydrogen-bond acceptors (Lipinski definition) is 4. The van der Waals surface area contributed by atoms with Crippen LogP contribution in [0.4, 0.5) is 0 Å². The average Bonchev–Trinajstić information content (AvgIpc) is 2.77. The Morgan fingerprint density at radius 2 is 1.95 bits per heavy atom. The summed E-state index contributed by atoms with van der Waals surface area (Å²) >= 11 is 0. The molecule has 1 unspecified atom stereocenters. The predicted octanol–water partition coefficient (Wildman–Crippen LogP) is 1.66. The molecular formula is C14H30N2O2S. The lowest BCUT2D eigenvalue weighted by atomic mass is 10.2. The maximum absolute atomic E-state index is 12.2. The van der Waals surface area contributed by atoms with Crippen LogP contribution in [0.3, 0.4) is 0 Å². The molecule has 0 saturated carbocycles. The Balaban J connectivity index is 2.49. The van der Waals surface area contributed by atoms with Gasteiger partial charge in [0.15, 0.2) is 9.84 Å². The summed E-state index contributed by atoms with van der Waals surface area (Å²) in [5.41, 5.74) is 0. The van der Waals surface area contributed by atoms with Crippen LogP contribution < -0.4 is 5.32 Å². The fourth-order valence-corrected chi connectivity index (χ4v) is 3.50. The first-order valence-electron chi connectivity index (χ1n) is 7.44. The molecule has 0 amide bonds. The van der Waals surface area contributed by atoms with E-state index >= 15 is 0 Å². The predicted molar refractivity (Wildman–Crippen MR) is 81.3 cm³/mol. The summed E-state index contributed by atoms with van der Waals surface area (Å²) in [5.74, 6) is 0.267. The highest BCUT2D eigenvalue weighted by molar-refractivity contribution is 7.92. The van der Waals surface area contributed by atoms with Crippen LogP contribution in [-0.2, 0) is 9.84 Å². The summed E-state index contributed by atoms with van der Waals surface area (Å²) in [6, 6.07) is 0.545. The van der Waals surface area contributed by atoms with Crippen LogP contribution in [0.5, 0.6) is 0 Å². The molecule has 1 saturated heterocycles. The number of nitrogens with zero attached hydrogens (tertiary/aromatic N) is 1. The van der Waals surface area contributed by atoms with Gasteiger partial charge in [-0.15, -0.1) is 0 Å². The van der Waals surface area contributed by atoms with Crippen molar-refractivity contribution < 1.29 is 8.42 Å². The zero-order valence-electron chi connectivity index (χ0n) is 12.9. The van der Waals surface area contributed by atoms with E-state index < -0.39 is 14.6 Å². The van der Waals surface area contributed by atoms with Crippen molar-refractivity contribution in [1.82, 2.24) is 10.2 Å². The maximum atomic E-state index is 12.2. The molecule has 1 rings (SSSR count). The second-order valence-electron chi connectivity index (χ2n) is 6.53. The van der Waals surface area contributed by atoms with Crippen LogP contribution in [0.25, 0.3) is 0 Å². The molecule has 0 spiro atoms. The molecule has 0 aliphatic carbocycles. The van der Waals surface area contributed by atoms with Gasteiger partial charge in [0, 0.05) is 19.1 Å². The van der Waals surface area contributed by atoms with Gasteiger partial charge < -0.3 is 10.2 Å². The number of rotatable bonds is 7. The zero-order chi connectivity index (χ0) is 14.5. The SMILES string of the molecule is CCCN(CCS(=O)(=O)C(C)(C)C)CC1CCCN1. The van der Waals surface area contributed by atoms with Crippen LogP contribution in [-0.4, -0.2) is 56.0 Å². The molecule has 19 heavy (non-hydrogen) atoms. The van der Waals surface area contributed by atoms with E-state index in [1.807, 2.05) is 0 Å². The standard InChI is InChI=1S/C14H30N2O2S/c1-5-9-16(12-13-7-6-8-15-13)10-11-19(17,18)14(2,3)4/h13,15H,5-12H2,1-4H3. The van der Waals surface area contributed by atoms with E-state index in [0.29, 0.717) is 12.6 Å². The monoisotopic (exact) mass is 290 g/mol. The molecule has 1 atom stereocenters. The summed E-state index contributed by atoms with van der Waals surface area (Å²) in [6.07, 6.45) is 3.53. The zero-order valence-corrected chi connectivity index (χ0v) is 13.7. The van der Waals surface area contributed by atoms with E-state index in [1.54, 1.807) is 20.8 Å². The molecule has 1 N–H and O–H groups in total. The third-order valence-electron chi connectivity index (χ3n) is 3.79. The van der Waals surface area contributed by atoms with Crippen molar-refractivity contribution in [1.29, 1.82) is 0 Å². The van der Waals surface area contributed by atoms with Crippen molar-refractivity contribution in [2.75, 3.05) is 31.9 Å². The fourth-order valence-electron chi connectivity index (χ4n) is 2.39. The number of nitrogens with one attached hydrogen (secondary N) is 1. The Morgan fingerprint density at radius 3 is 2.42 bits per heavy atom. The molecule has 0 bridgehead atoms. The minimum absolute atomic E-state index is 0.267. The van der Waals surface area contributed by atoms with Crippen LogP contribution in [0.1, 0.15) is 47.0 Å². The van der Waals surface area contributed by atoms with Crippen molar-refractivity contribution in [2.24, 2.45) is 0 Å². The Bertz CT molecular complexity index is 354. The number of hydrogen-bond donors (Lipinski definition) is 1. The average molecular weight is 290 g/mol. The van der Waals surface area contributed by atoms with Crippen molar-refractivity contribution in [2.45, 2.75) is 57.7 Å². The van der Waals surface area contributed by atoms with Gasteiger partial charge >= 0.3 is 0 Å². The quantitative estimate of drug-likeness (QED) is 0.775. The highest BCUT2D eigenvalue weighted by atomic mass is 32.2. The van der Waals surface area contributed by atoms with Crippen molar-refractivity contribution in [3.63, 3.8) is 0 Å². The molecule has 5 heteroatoms. The first-order chi connectivity index (χ1) is 8.76. The summed E-state index contributed by atoms with van der Waals surface area (Å²) in [6.45, 7) is 11.2. The van der Waals surface area contributed by atoms with Gasteiger partial charge in [-0.1, -0.05) is 6.92 Å². The Hall–Kier alpha value is -0.130. The first kappa shape index (κ1) is 16.9. The van der Waals surface area contributed by atoms with Crippen molar-refractivity contribution in [3.8, 4) is 0 Å². The normalized spacial score (nSPS) is 21.2. The Morgan fingerprint density at radius 1 is 1.26 bits per heavy atom. The third-order valence-corrected chi connectivity index (χ3v) is 6.38. The van der Waals surface area contributed by atoms with Crippen LogP contribution in [0.15, 0.2) is 0 Å². The van der Waals surface area contributed by atoms with Gasteiger partial charge in [-0.2, -0.15) is 0 Å². The highest BCUT2D eigenvalue weighted by Crippen LogP contribution is 2.16. The molecule has 0 aromatic rings. The molecule has 1 fully saturated rings. The Labute approximate surface area is 118 Å². The van der Waals surface area contributed by atoms with Crippen LogP contribution in [0, 0.1) is 0 Å². The second kappa shape index (κ2) is 7.04. The van der Waals surface area contributed by atoms with Gasteiger partial charge in [0.05, 0.1) is 10.5 Å². The molecule has 0 aromatic carbocycles. The largest absolute Gasteiger partial charge is 0.313 e. The molecule has 114 valence electrons. The second-order valence-corrected chi connectivity index (χ2v) is 9.39. The smallest absolute Gasteiger partial charge is 0.156 e. The maximum Gasteiger partial charge on any atom is 0.156 e. The van der Waals surface area contributed by atoms with E-state index in [4.69, 9.17) is 0 Å². The fraction of sp³-hybridized carbons (Fsp3) is 1.00. The Kier molecular flexibility index (Phi) is 6.27. The van der Waals surface area contributed by atoms with Crippen LogP contribution in [0.2, 0.25) is 0 Å². The third kappa shape index (κ3) is 5.40. The molecular weight excluding hydrogens is 260 g/mol. The minimum Gasteiger partial charge on any atom is -0.313 e. The topological polar surface area (TPSA) is 49.4 Å². The van der Waals surface area contributed by atoms with E-state index in [9.17, 15) is 8.42 Å². The molecule has 1 aliphatic heterocycles. The molecule has 4 nitrogen and oxygen atoms in total. The van der Waals surface area contributed by atoms with Crippen molar-refractivity contribution >= 4 is 9.84 Å². The lowest BCUT2D eigenvalue weighted by Crippen LogP contribution is -2.42. The molecule has 1 aliphatic rings. The van der Waals surface area contributed by atoms with E-state index in [-0.39, 0.29) is 5.75 Å².